The van der Waals surface area contributed by atoms with Gasteiger partial charge in [0.15, 0.2) is 11.0 Å². The number of benzene rings is 3. The minimum atomic E-state index is -0.507. The van der Waals surface area contributed by atoms with Crippen molar-refractivity contribution in [3.05, 3.63) is 90.2 Å². The first-order chi connectivity index (χ1) is 15.5. The van der Waals surface area contributed by atoms with Crippen molar-refractivity contribution in [1.82, 2.24) is 14.8 Å². The molecule has 0 saturated heterocycles. The van der Waals surface area contributed by atoms with Crippen molar-refractivity contribution in [2.24, 2.45) is 0 Å². The lowest BCUT2D eigenvalue weighted by Gasteiger charge is -2.14. The molecular weight excluding hydrogens is 425 g/mol. The number of amides is 1. The van der Waals surface area contributed by atoms with Gasteiger partial charge in [-0.05, 0) is 49.4 Å². The minimum Gasteiger partial charge on any atom is -0.325 e. The molecule has 1 amide bonds. The van der Waals surface area contributed by atoms with Crippen molar-refractivity contribution in [3.63, 3.8) is 0 Å². The summed E-state index contributed by atoms with van der Waals surface area (Å²) in [5.41, 5.74) is 2.55. The Morgan fingerprint density at radius 2 is 1.81 bits per heavy atom. The van der Waals surface area contributed by atoms with E-state index < -0.39 is 5.25 Å². The van der Waals surface area contributed by atoms with Crippen molar-refractivity contribution in [3.8, 4) is 23.1 Å². The van der Waals surface area contributed by atoms with Crippen molar-refractivity contribution >= 4 is 23.4 Å². The molecule has 1 aromatic heterocycles. The summed E-state index contributed by atoms with van der Waals surface area (Å²) < 4.78 is 15.3. The summed E-state index contributed by atoms with van der Waals surface area (Å²) >= 11 is 1.24. The second-order valence-electron chi connectivity index (χ2n) is 6.93. The normalized spacial score (nSPS) is 11.5. The van der Waals surface area contributed by atoms with Crippen LogP contribution in [0.5, 0.6) is 0 Å². The Kier molecular flexibility index (Phi) is 6.29. The van der Waals surface area contributed by atoms with Gasteiger partial charge in [0.05, 0.1) is 16.9 Å². The van der Waals surface area contributed by atoms with Crippen molar-refractivity contribution < 1.29 is 9.18 Å². The van der Waals surface area contributed by atoms with Gasteiger partial charge in [0.1, 0.15) is 5.82 Å². The van der Waals surface area contributed by atoms with Crippen LogP contribution < -0.4 is 5.32 Å². The van der Waals surface area contributed by atoms with Crippen molar-refractivity contribution in [2.75, 3.05) is 5.32 Å². The van der Waals surface area contributed by atoms with E-state index in [2.05, 4.69) is 21.6 Å². The number of hydrogen-bond donors (Lipinski definition) is 1. The predicted octanol–water partition coefficient (Wildman–Crippen LogP) is 5.06. The Bertz CT molecular complexity index is 1280. The van der Waals surface area contributed by atoms with Gasteiger partial charge in [0.2, 0.25) is 5.91 Å². The maximum absolute atomic E-state index is 13.5. The highest BCUT2D eigenvalue weighted by Gasteiger charge is 2.22. The summed E-state index contributed by atoms with van der Waals surface area (Å²) in [6.45, 7) is 1.76. The van der Waals surface area contributed by atoms with E-state index >= 15 is 0 Å². The second-order valence-corrected chi connectivity index (χ2v) is 8.23. The highest BCUT2D eigenvalue weighted by molar-refractivity contribution is 8.00. The number of carbonyl (C=O) groups excluding carboxylic acids is 1. The molecule has 0 fully saturated rings. The Morgan fingerprint density at radius 3 is 2.53 bits per heavy atom. The molecule has 158 valence electrons. The van der Waals surface area contributed by atoms with Gasteiger partial charge in [-0.15, -0.1) is 10.2 Å². The van der Waals surface area contributed by atoms with Crippen LogP contribution in [0.1, 0.15) is 12.5 Å². The van der Waals surface area contributed by atoms with Crippen LogP contribution in [0.15, 0.2) is 84.0 Å². The molecule has 1 N–H and O–H groups in total. The summed E-state index contributed by atoms with van der Waals surface area (Å²) in [4.78, 5) is 12.8. The van der Waals surface area contributed by atoms with Crippen LogP contribution in [0, 0.1) is 17.1 Å². The van der Waals surface area contributed by atoms with Gasteiger partial charge in [-0.25, -0.2) is 4.39 Å². The number of nitriles is 1. The van der Waals surface area contributed by atoms with Gasteiger partial charge < -0.3 is 5.32 Å². The standard InChI is InChI=1S/C24H18FN5OS/c1-16(23(31)27-20-9-5-6-17(14-20)15-26)32-24-29-28-22(18-7-3-2-4-8-18)30(24)21-12-10-19(25)11-13-21/h2-14,16H,1H3,(H,27,31). The topological polar surface area (TPSA) is 83.6 Å². The number of hydrogen-bond acceptors (Lipinski definition) is 5. The van der Waals surface area contributed by atoms with Crippen LogP contribution in [0.3, 0.4) is 0 Å². The van der Waals surface area contributed by atoms with E-state index in [0.29, 0.717) is 27.9 Å². The monoisotopic (exact) mass is 443 g/mol. The maximum Gasteiger partial charge on any atom is 0.237 e. The molecule has 4 rings (SSSR count). The number of rotatable bonds is 6. The number of nitrogens with zero attached hydrogens (tertiary/aromatic N) is 4. The SMILES string of the molecule is CC(Sc1nnc(-c2ccccc2)n1-c1ccc(F)cc1)C(=O)Nc1cccc(C#N)c1. The fraction of sp³-hybridized carbons (Fsp3) is 0.0833. The number of aromatic nitrogens is 3. The van der Waals surface area contributed by atoms with Gasteiger partial charge in [0, 0.05) is 16.9 Å². The molecular formula is C24H18FN5OS. The van der Waals surface area contributed by atoms with Gasteiger partial charge in [-0.2, -0.15) is 5.26 Å². The lowest BCUT2D eigenvalue weighted by Crippen LogP contribution is -2.23. The molecule has 1 unspecified atom stereocenters. The number of carbonyl (C=O) groups is 1. The zero-order valence-corrected chi connectivity index (χ0v) is 17.9. The smallest absolute Gasteiger partial charge is 0.237 e. The summed E-state index contributed by atoms with van der Waals surface area (Å²) in [7, 11) is 0. The number of thioether (sulfide) groups is 1. The van der Waals surface area contributed by atoms with Crippen LogP contribution >= 0.6 is 11.8 Å². The first kappa shape index (κ1) is 21.3. The van der Waals surface area contributed by atoms with E-state index in [-0.39, 0.29) is 11.7 Å². The molecule has 1 heterocycles. The predicted molar refractivity (Wildman–Crippen MR) is 122 cm³/mol. The van der Waals surface area contributed by atoms with Crippen LogP contribution in [0.2, 0.25) is 0 Å². The molecule has 0 spiro atoms. The van der Waals surface area contributed by atoms with Gasteiger partial charge in [-0.1, -0.05) is 48.2 Å². The molecule has 0 aliphatic heterocycles. The summed E-state index contributed by atoms with van der Waals surface area (Å²) in [5, 5.41) is 20.5. The Hall–Kier alpha value is -3.96. The zero-order chi connectivity index (χ0) is 22.5. The fourth-order valence-corrected chi connectivity index (χ4v) is 3.93. The molecule has 32 heavy (non-hydrogen) atoms. The van der Waals surface area contributed by atoms with Gasteiger partial charge in [0.25, 0.3) is 0 Å². The van der Waals surface area contributed by atoms with E-state index in [4.69, 9.17) is 5.26 Å². The van der Waals surface area contributed by atoms with E-state index in [1.165, 1.54) is 23.9 Å². The average molecular weight is 444 g/mol. The highest BCUT2D eigenvalue weighted by atomic mass is 32.2. The van der Waals surface area contributed by atoms with E-state index in [1.807, 2.05) is 30.3 Å². The fourth-order valence-electron chi connectivity index (χ4n) is 3.07. The van der Waals surface area contributed by atoms with Gasteiger partial charge >= 0.3 is 0 Å². The molecule has 0 aliphatic carbocycles. The minimum absolute atomic E-state index is 0.236. The third-order valence-corrected chi connectivity index (χ3v) is 5.70. The third-order valence-electron chi connectivity index (χ3n) is 4.66. The molecule has 4 aromatic rings. The lowest BCUT2D eigenvalue weighted by molar-refractivity contribution is -0.115. The molecule has 0 aliphatic rings. The Labute approximate surface area is 188 Å². The third kappa shape index (κ3) is 4.68. The second kappa shape index (κ2) is 9.45. The number of nitrogens with one attached hydrogen (secondary N) is 1. The van der Waals surface area contributed by atoms with Gasteiger partial charge in [-0.3, -0.25) is 9.36 Å². The van der Waals surface area contributed by atoms with E-state index in [9.17, 15) is 9.18 Å². The molecule has 8 heteroatoms. The first-order valence-electron chi connectivity index (χ1n) is 9.79. The van der Waals surface area contributed by atoms with Crippen LogP contribution in [0.25, 0.3) is 17.1 Å². The summed E-state index contributed by atoms with van der Waals surface area (Å²) in [5.74, 6) is 0.0127. The van der Waals surface area contributed by atoms with Crippen molar-refractivity contribution in [2.45, 2.75) is 17.3 Å². The van der Waals surface area contributed by atoms with E-state index in [0.717, 1.165) is 5.56 Å². The molecule has 0 bridgehead atoms. The molecule has 6 nitrogen and oxygen atoms in total. The summed E-state index contributed by atoms with van der Waals surface area (Å²) in [6, 6.07) is 24.3. The summed E-state index contributed by atoms with van der Waals surface area (Å²) in [6.07, 6.45) is 0. The molecule has 0 saturated carbocycles. The van der Waals surface area contributed by atoms with Crippen molar-refractivity contribution in [1.29, 1.82) is 5.26 Å². The molecule has 3 aromatic carbocycles. The quantitative estimate of drug-likeness (QED) is 0.421. The Morgan fingerprint density at radius 1 is 1.06 bits per heavy atom. The lowest BCUT2D eigenvalue weighted by atomic mass is 10.2. The van der Waals surface area contributed by atoms with Crippen LogP contribution in [-0.4, -0.2) is 25.9 Å². The highest BCUT2D eigenvalue weighted by Crippen LogP contribution is 2.30. The number of halogens is 1. The average Bonchev–Trinajstić information content (AvgIpc) is 3.23. The zero-order valence-electron chi connectivity index (χ0n) is 17.1. The first-order valence-corrected chi connectivity index (χ1v) is 10.7. The molecule has 0 radical (unpaired) electrons. The Balaban J connectivity index is 1.63. The van der Waals surface area contributed by atoms with E-state index in [1.54, 1.807) is 47.9 Å². The largest absolute Gasteiger partial charge is 0.325 e. The van der Waals surface area contributed by atoms with Crippen LogP contribution in [0.4, 0.5) is 10.1 Å². The van der Waals surface area contributed by atoms with Crippen LogP contribution in [-0.2, 0) is 4.79 Å². The molecule has 1 atom stereocenters. The number of anilines is 1. The maximum atomic E-state index is 13.5.